The molecule has 4 rings (SSSR count). The number of allylic oxidation sites excluding steroid dienone is 2. The lowest BCUT2D eigenvalue weighted by Gasteiger charge is -2.17. The molecule has 0 bridgehead atoms. The molecule has 0 N–H and O–H groups in total. The Morgan fingerprint density at radius 3 is 2.62 bits per heavy atom. The maximum Gasteiger partial charge on any atom is 0.263 e. The Bertz CT molecular complexity index is 543. The van der Waals surface area contributed by atoms with Gasteiger partial charge in [-0.05, 0) is 49.7 Å². The van der Waals surface area contributed by atoms with Crippen LogP contribution in [0.2, 0.25) is 0 Å². The van der Waals surface area contributed by atoms with Gasteiger partial charge in [-0.3, -0.25) is 4.79 Å². The van der Waals surface area contributed by atoms with E-state index >= 15 is 0 Å². The van der Waals surface area contributed by atoms with Gasteiger partial charge in [0.2, 0.25) is 0 Å². The van der Waals surface area contributed by atoms with Crippen molar-refractivity contribution in [3.63, 3.8) is 0 Å². The molecule has 0 aromatic carbocycles. The van der Waals surface area contributed by atoms with Crippen LogP contribution >= 0.6 is 11.3 Å². The van der Waals surface area contributed by atoms with Crippen molar-refractivity contribution < 1.29 is 9.53 Å². The number of rotatable bonds is 2. The number of thiophene rings is 1. The highest BCUT2D eigenvalue weighted by Crippen LogP contribution is 2.36. The molecule has 112 valence electrons. The number of nitrogens with zero attached hydrogens (tertiary/aromatic N) is 1. The molecule has 4 heteroatoms. The Morgan fingerprint density at radius 2 is 1.95 bits per heavy atom. The fourth-order valence-corrected chi connectivity index (χ4v) is 4.84. The molecule has 1 aliphatic carbocycles. The van der Waals surface area contributed by atoms with Gasteiger partial charge >= 0.3 is 0 Å². The van der Waals surface area contributed by atoms with Gasteiger partial charge < -0.3 is 9.64 Å². The Kier molecular flexibility index (Phi) is 3.59. The van der Waals surface area contributed by atoms with E-state index in [-0.39, 0.29) is 12.0 Å². The van der Waals surface area contributed by atoms with E-state index in [0.717, 1.165) is 50.3 Å². The van der Waals surface area contributed by atoms with Crippen molar-refractivity contribution in [3.05, 3.63) is 34.0 Å². The van der Waals surface area contributed by atoms with Gasteiger partial charge in [-0.25, -0.2) is 0 Å². The van der Waals surface area contributed by atoms with Crippen molar-refractivity contribution in [2.45, 2.75) is 31.8 Å². The predicted octanol–water partition coefficient (Wildman–Crippen LogP) is 3.64. The van der Waals surface area contributed by atoms with Gasteiger partial charge in [-0.2, -0.15) is 0 Å². The highest BCUT2D eigenvalue weighted by atomic mass is 32.1. The molecule has 3 nitrogen and oxygen atoms in total. The van der Waals surface area contributed by atoms with E-state index in [4.69, 9.17) is 4.74 Å². The number of hydrogen-bond donors (Lipinski definition) is 0. The second kappa shape index (κ2) is 5.58. The number of ether oxygens (including phenoxy) is 1. The predicted molar refractivity (Wildman–Crippen MR) is 83.5 cm³/mol. The minimum Gasteiger partial charge on any atom is -0.373 e. The molecule has 0 saturated carbocycles. The molecule has 1 unspecified atom stereocenters. The fraction of sp³-hybridized carbons (Fsp3) is 0.588. The van der Waals surface area contributed by atoms with E-state index < -0.39 is 0 Å². The summed E-state index contributed by atoms with van der Waals surface area (Å²) in [6.45, 7) is 2.72. The smallest absolute Gasteiger partial charge is 0.263 e. The van der Waals surface area contributed by atoms with Crippen LogP contribution in [0.15, 0.2) is 24.3 Å². The third kappa shape index (κ3) is 2.55. The van der Waals surface area contributed by atoms with Gasteiger partial charge in [0.25, 0.3) is 5.91 Å². The lowest BCUT2D eigenvalue weighted by molar-refractivity contribution is 0.0789. The zero-order chi connectivity index (χ0) is 14.2. The molecule has 21 heavy (non-hydrogen) atoms. The van der Waals surface area contributed by atoms with Gasteiger partial charge in [-0.15, -0.1) is 11.3 Å². The van der Waals surface area contributed by atoms with E-state index in [2.05, 4.69) is 23.1 Å². The van der Waals surface area contributed by atoms with Gasteiger partial charge in [0.15, 0.2) is 0 Å². The lowest BCUT2D eigenvalue weighted by Crippen LogP contribution is -2.28. The quantitative estimate of drug-likeness (QED) is 0.781. The Morgan fingerprint density at radius 1 is 1.19 bits per heavy atom. The highest BCUT2D eigenvalue weighted by molar-refractivity contribution is 7.14. The van der Waals surface area contributed by atoms with Crippen LogP contribution in [-0.2, 0) is 4.74 Å². The highest BCUT2D eigenvalue weighted by Gasteiger charge is 2.35. The van der Waals surface area contributed by atoms with Crippen molar-refractivity contribution in [2.75, 3.05) is 19.7 Å². The average molecular weight is 303 g/mol. The van der Waals surface area contributed by atoms with E-state index in [1.807, 2.05) is 6.07 Å². The van der Waals surface area contributed by atoms with Crippen molar-refractivity contribution in [1.82, 2.24) is 4.90 Å². The van der Waals surface area contributed by atoms with Crippen LogP contribution in [0.4, 0.5) is 0 Å². The summed E-state index contributed by atoms with van der Waals surface area (Å²) in [5, 5.41) is 0. The zero-order valence-corrected chi connectivity index (χ0v) is 13.0. The van der Waals surface area contributed by atoms with E-state index in [1.165, 1.54) is 4.88 Å². The molecular weight excluding hydrogens is 282 g/mol. The third-order valence-electron chi connectivity index (χ3n) is 4.99. The fourth-order valence-electron chi connectivity index (χ4n) is 3.78. The summed E-state index contributed by atoms with van der Waals surface area (Å²) in [5.74, 6) is 1.58. The number of carbonyl (C=O) groups excluding carboxylic acids is 1. The van der Waals surface area contributed by atoms with Crippen LogP contribution in [0.1, 0.15) is 46.3 Å². The first-order valence-electron chi connectivity index (χ1n) is 7.97. The number of carbonyl (C=O) groups is 1. The van der Waals surface area contributed by atoms with Crippen LogP contribution in [-0.4, -0.2) is 30.5 Å². The minimum atomic E-state index is 0.221. The normalized spacial score (nSPS) is 31.6. The summed E-state index contributed by atoms with van der Waals surface area (Å²) < 4.78 is 5.71. The molecule has 1 amide bonds. The summed E-state index contributed by atoms with van der Waals surface area (Å²) in [6, 6.07) is 4.07. The molecule has 2 fully saturated rings. The lowest BCUT2D eigenvalue weighted by atomic mass is 9.86. The van der Waals surface area contributed by atoms with Gasteiger partial charge in [0.05, 0.1) is 11.0 Å². The first-order chi connectivity index (χ1) is 10.3. The summed E-state index contributed by atoms with van der Waals surface area (Å²) in [5.41, 5.74) is 0. The molecule has 1 aromatic heterocycles. The Hall–Kier alpha value is -1.13. The third-order valence-corrected chi connectivity index (χ3v) is 6.16. The summed E-state index contributed by atoms with van der Waals surface area (Å²) >= 11 is 1.63. The van der Waals surface area contributed by atoms with E-state index in [0.29, 0.717) is 11.8 Å². The standard InChI is InChI=1S/C17H21NO2S/c19-17(18-10-12-4-1-2-5-13(12)11-18)16-8-7-15(21-16)14-6-3-9-20-14/h1-2,7-8,12-14H,3-6,9-11H2/t12-,13+,14?. The molecule has 1 aromatic rings. The molecule has 3 heterocycles. The Labute approximate surface area is 129 Å². The maximum atomic E-state index is 12.7. The Balaban J connectivity index is 1.45. The molecule has 0 radical (unpaired) electrons. The second-order valence-corrected chi connectivity index (χ2v) is 7.49. The van der Waals surface area contributed by atoms with Crippen molar-refractivity contribution >= 4 is 17.2 Å². The molecule has 3 atom stereocenters. The van der Waals surface area contributed by atoms with Crippen LogP contribution in [0.3, 0.4) is 0 Å². The topological polar surface area (TPSA) is 29.5 Å². The number of likely N-dealkylation sites (tertiary alicyclic amines) is 1. The largest absolute Gasteiger partial charge is 0.373 e. The van der Waals surface area contributed by atoms with E-state index in [1.54, 1.807) is 11.3 Å². The summed E-state index contributed by atoms with van der Waals surface area (Å²) in [6.07, 6.45) is 9.27. The molecule has 0 spiro atoms. The van der Waals surface area contributed by atoms with Crippen LogP contribution in [0, 0.1) is 11.8 Å². The molecule has 2 aliphatic heterocycles. The molecule has 3 aliphatic rings. The van der Waals surface area contributed by atoms with Crippen molar-refractivity contribution in [1.29, 1.82) is 0 Å². The number of amides is 1. The molecule has 2 saturated heterocycles. The SMILES string of the molecule is O=C(c1ccc(C2CCCO2)s1)N1C[C@H]2CC=CC[C@H]2C1. The van der Waals surface area contributed by atoms with Crippen LogP contribution in [0.5, 0.6) is 0 Å². The van der Waals surface area contributed by atoms with Gasteiger partial charge in [0.1, 0.15) is 0 Å². The average Bonchev–Trinajstić information content (AvgIpc) is 3.24. The maximum absolute atomic E-state index is 12.7. The zero-order valence-electron chi connectivity index (χ0n) is 12.2. The number of hydrogen-bond acceptors (Lipinski definition) is 3. The van der Waals surface area contributed by atoms with Gasteiger partial charge in [-0.1, -0.05) is 12.2 Å². The first-order valence-corrected chi connectivity index (χ1v) is 8.78. The van der Waals surface area contributed by atoms with Crippen molar-refractivity contribution in [2.24, 2.45) is 11.8 Å². The second-order valence-electron chi connectivity index (χ2n) is 6.38. The monoisotopic (exact) mass is 303 g/mol. The van der Waals surface area contributed by atoms with Crippen LogP contribution in [0.25, 0.3) is 0 Å². The van der Waals surface area contributed by atoms with Crippen molar-refractivity contribution in [3.8, 4) is 0 Å². The molecular formula is C17H21NO2S. The van der Waals surface area contributed by atoms with Gasteiger partial charge in [0, 0.05) is 24.6 Å². The van der Waals surface area contributed by atoms with Crippen LogP contribution < -0.4 is 0 Å². The van der Waals surface area contributed by atoms with E-state index in [9.17, 15) is 4.79 Å². The summed E-state index contributed by atoms with van der Waals surface area (Å²) in [7, 11) is 0. The summed E-state index contributed by atoms with van der Waals surface area (Å²) in [4.78, 5) is 16.9. The minimum absolute atomic E-state index is 0.221. The first kappa shape index (κ1) is 13.5. The number of fused-ring (bicyclic) bond motifs is 1.